The van der Waals surface area contributed by atoms with Gasteiger partial charge in [-0.1, -0.05) is 18.2 Å². The summed E-state index contributed by atoms with van der Waals surface area (Å²) < 4.78 is 0. The van der Waals surface area contributed by atoms with Gasteiger partial charge in [-0.25, -0.2) is 0 Å². The molecule has 2 amide bonds. The molecule has 0 aliphatic carbocycles. The Kier molecular flexibility index (Phi) is 3.19. The lowest BCUT2D eigenvalue weighted by Gasteiger charge is -2.11. The minimum Gasteiger partial charge on any atom is -0.352 e. The highest BCUT2D eigenvalue weighted by Crippen LogP contribution is 2.05. The lowest BCUT2D eigenvalue weighted by atomic mass is 10.2. The first-order valence-electron chi connectivity index (χ1n) is 5.38. The van der Waals surface area contributed by atoms with Gasteiger partial charge in [-0.05, 0) is 18.6 Å². The van der Waals surface area contributed by atoms with Gasteiger partial charge in [0.25, 0.3) is 5.91 Å². The van der Waals surface area contributed by atoms with Crippen LogP contribution in [0.15, 0.2) is 30.3 Å². The van der Waals surface area contributed by atoms with Crippen molar-refractivity contribution >= 4 is 11.8 Å². The number of benzene rings is 1. The van der Waals surface area contributed by atoms with Crippen LogP contribution >= 0.6 is 0 Å². The molecule has 84 valence electrons. The second kappa shape index (κ2) is 4.79. The molecule has 4 nitrogen and oxygen atoms in total. The van der Waals surface area contributed by atoms with E-state index < -0.39 is 0 Å². The minimum absolute atomic E-state index is 0.0685. The van der Waals surface area contributed by atoms with Gasteiger partial charge in [0, 0.05) is 24.6 Å². The van der Waals surface area contributed by atoms with Crippen molar-refractivity contribution < 1.29 is 9.59 Å². The van der Waals surface area contributed by atoms with Gasteiger partial charge < -0.3 is 10.6 Å². The van der Waals surface area contributed by atoms with Gasteiger partial charge in [0.2, 0.25) is 5.91 Å². The van der Waals surface area contributed by atoms with Crippen LogP contribution in [0.25, 0.3) is 0 Å². The molecule has 4 heteroatoms. The lowest BCUT2D eigenvalue weighted by molar-refractivity contribution is -0.119. The Hall–Kier alpha value is -1.84. The average Bonchev–Trinajstić information content (AvgIpc) is 2.73. The monoisotopic (exact) mass is 218 g/mol. The number of carbonyl (C=O) groups excluding carboxylic acids is 2. The van der Waals surface area contributed by atoms with Crippen LogP contribution in [0, 0.1) is 0 Å². The number of nitrogens with one attached hydrogen (secondary N) is 2. The molecule has 1 fully saturated rings. The standard InChI is InChI=1S/C12H14N2O2/c15-11-7-6-10(14-11)8-13-12(16)9-4-2-1-3-5-9/h1-5,10H,6-8H2,(H,13,16)(H,14,15). The Bertz CT molecular complexity index is 389. The highest BCUT2D eigenvalue weighted by Gasteiger charge is 2.20. The van der Waals surface area contributed by atoms with Crippen LogP contribution in [-0.4, -0.2) is 24.4 Å². The fraction of sp³-hybridized carbons (Fsp3) is 0.333. The third-order valence-electron chi connectivity index (χ3n) is 2.63. The van der Waals surface area contributed by atoms with Gasteiger partial charge in [-0.3, -0.25) is 9.59 Å². The lowest BCUT2D eigenvalue weighted by Crippen LogP contribution is -2.38. The second-order valence-corrected chi connectivity index (χ2v) is 3.88. The van der Waals surface area contributed by atoms with Crippen LogP contribution < -0.4 is 10.6 Å². The van der Waals surface area contributed by atoms with Crippen LogP contribution in [-0.2, 0) is 4.79 Å². The molecule has 0 aromatic heterocycles. The molecule has 1 aliphatic heterocycles. The summed E-state index contributed by atoms with van der Waals surface area (Å²) in [6, 6.07) is 9.14. The molecule has 1 aliphatic rings. The molecule has 1 aromatic rings. The first-order valence-corrected chi connectivity index (χ1v) is 5.38. The zero-order valence-electron chi connectivity index (χ0n) is 8.90. The van der Waals surface area contributed by atoms with Crippen LogP contribution in [0.5, 0.6) is 0 Å². The number of carbonyl (C=O) groups is 2. The van der Waals surface area contributed by atoms with Gasteiger partial charge in [0.15, 0.2) is 0 Å². The molecular formula is C12H14N2O2. The van der Waals surface area contributed by atoms with E-state index in [2.05, 4.69) is 10.6 Å². The van der Waals surface area contributed by atoms with E-state index in [1.165, 1.54) is 0 Å². The maximum absolute atomic E-state index is 11.7. The van der Waals surface area contributed by atoms with Crippen molar-refractivity contribution in [2.24, 2.45) is 0 Å². The van der Waals surface area contributed by atoms with Crippen molar-refractivity contribution in [2.75, 3.05) is 6.54 Å². The average molecular weight is 218 g/mol. The van der Waals surface area contributed by atoms with E-state index >= 15 is 0 Å². The van der Waals surface area contributed by atoms with Crippen molar-refractivity contribution in [3.05, 3.63) is 35.9 Å². The van der Waals surface area contributed by atoms with Crippen LogP contribution in [0.1, 0.15) is 23.2 Å². The Balaban J connectivity index is 1.82. The zero-order valence-corrected chi connectivity index (χ0v) is 8.90. The zero-order chi connectivity index (χ0) is 11.4. The molecular weight excluding hydrogens is 204 g/mol. The number of hydrogen-bond acceptors (Lipinski definition) is 2. The molecule has 1 saturated heterocycles. The van der Waals surface area contributed by atoms with Crippen molar-refractivity contribution in [2.45, 2.75) is 18.9 Å². The van der Waals surface area contributed by atoms with Gasteiger partial charge in [-0.2, -0.15) is 0 Å². The molecule has 0 bridgehead atoms. The summed E-state index contributed by atoms with van der Waals surface area (Å²) in [7, 11) is 0. The first kappa shape index (κ1) is 10.7. The Morgan fingerprint density at radius 2 is 2.12 bits per heavy atom. The summed E-state index contributed by atoms with van der Waals surface area (Å²) >= 11 is 0. The van der Waals surface area contributed by atoms with Crippen molar-refractivity contribution in [3.8, 4) is 0 Å². The van der Waals surface area contributed by atoms with E-state index in [1.54, 1.807) is 12.1 Å². The van der Waals surface area contributed by atoms with Crippen molar-refractivity contribution in [1.82, 2.24) is 10.6 Å². The maximum atomic E-state index is 11.7. The van der Waals surface area contributed by atoms with Gasteiger partial charge in [0.1, 0.15) is 0 Å². The van der Waals surface area contributed by atoms with E-state index in [0.717, 1.165) is 6.42 Å². The number of hydrogen-bond donors (Lipinski definition) is 2. The van der Waals surface area contributed by atoms with E-state index in [9.17, 15) is 9.59 Å². The molecule has 16 heavy (non-hydrogen) atoms. The molecule has 0 radical (unpaired) electrons. The maximum Gasteiger partial charge on any atom is 0.251 e. The van der Waals surface area contributed by atoms with E-state index in [0.29, 0.717) is 18.5 Å². The summed E-state index contributed by atoms with van der Waals surface area (Å²) in [5.74, 6) is -0.0271. The quantitative estimate of drug-likeness (QED) is 0.784. The highest BCUT2D eigenvalue weighted by atomic mass is 16.2. The Morgan fingerprint density at radius 3 is 2.75 bits per heavy atom. The topological polar surface area (TPSA) is 58.2 Å². The highest BCUT2D eigenvalue weighted by molar-refractivity contribution is 5.94. The molecule has 1 unspecified atom stereocenters. The first-order chi connectivity index (χ1) is 7.75. The van der Waals surface area contributed by atoms with Crippen LogP contribution in [0.3, 0.4) is 0 Å². The fourth-order valence-corrected chi connectivity index (χ4v) is 1.74. The van der Waals surface area contributed by atoms with E-state index in [-0.39, 0.29) is 17.9 Å². The van der Waals surface area contributed by atoms with Gasteiger partial charge in [0.05, 0.1) is 0 Å². The van der Waals surface area contributed by atoms with Crippen molar-refractivity contribution in [1.29, 1.82) is 0 Å². The smallest absolute Gasteiger partial charge is 0.251 e. The summed E-state index contributed by atoms with van der Waals surface area (Å²) in [6.07, 6.45) is 1.36. The van der Waals surface area contributed by atoms with Gasteiger partial charge in [-0.15, -0.1) is 0 Å². The van der Waals surface area contributed by atoms with Crippen LogP contribution in [0.2, 0.25) is 0 Å². The van der Waals surface area contributed by atoms with Gasteiger partial charge >= 0.3 is 0 Å². The van der Waals surface area contributed by atoms with E-state index in [1.807, 2.05) is 18.2 Å². The summed E-state index contributed by atoms with van der Waals surface area (Å²) in [4.78, 5) is 22.6. The molecule has 2 rings (SSSR count). The molecule has 1 atom stereocenters. The molecule has 0 saturated carbocycles. The van der Waals surface area contributed by atoms with Crippen molar-refractivity contribution in [3.63, 3.8) is 0 Å². The summed E-state index contributed by atoms with van der Waals surface area (Å²) in [5.41, 5.74) is 0.645. The van der Waals surface area contributed by atoms with E-state index in [4.69, 9.17) is 0 Å². The predicted octanol–water partition coefficient (Wildman–Crippen LogP) is 0.695. The summed E-state index contributed by atoms with van der Waals surface area (Å²) in [5, 5.41) is 5.61. The molecule has 1 heterocycles. The minimum atomic E-state index is -0.0956. The predicted molar refractivity (Wildman–Crippen MR) is 59.9 cm³/mol. The fourth-order valence-electron chi connectivity index (χ4n) is 1.74. The largest absolute Gasteiger partial charge is 0.352 e. The number of amides is 2. The Morgan fingerprint density at radius 1 is 1.38 bits per heavy atom. The second-order valence-electron chi connectivity index (χ2n) is 3.88. The Labute approximate surface area is 94.0 Å². The molecule has 0 spiro atoms. The summed E-state index contributed by atoms with van der Waals surface area (Å²) in [6.45, 7) is 0.499. The molecule has 1 aromatic carbocycles. The molecule has 2 N–H and O–H groups in total. The van der Waals surface area contributed by atoms with Crippen LogP contribution in [0.4, 0.5) is 0 Å². The third-order valence-corrected chi connectivity index (χ3v) is 2.63. The number of rotatable bonds is 3. The normalized spacial score (nSPS) is 19.2. The SMILES string of the molecule is O=C1CCC(CNC(=O)c2ccccc2)N1. The third kappa shape index (κ3) is 2.59.